The summed E-state index contributed by atoms with van der Waals surface area (Å²) in [5, 5.41) is 4.04. The number of H-pyrrole nitrogens is 1. The molecule has 0 radical (unpaired) electrons. The van der Waals surface area contributed by atoms with Crippen molar-refractivity contribution in [3.63, 3.8) is 0 Å². The highest BCUT2D eigenvalue weighted by Crippen LogP contribution is 2.62. The van der Waals surface area contributed by atoms with Crippen molar-refractivity contribution < 1.29 is 19.1 Å². The van der Waals surface area contributed by atoms with Crippen molar-refractivity contribution in [3.8, 4) is 0 Å². The number of esters is 1. The molecule has 1 aromatic heterocycles. The Morgan fingerprint density at radius 3 is 2.58 bits per heavy atom. The molecule has 2 aromatic rings. The first-order valence-corrected chi connectivity index (χ1v) is 11.4. The number of rotatable bonds is 6. The van der Waals surface area contributed by atoms with Crippen LogP contribution in [0.5, 0.6) is 0 Å². The number of ketones is 1. The summed E-state index contributed by atoms with van der Waals surface area (Å²) in [6, 6.07) is 5.93. The minimum Gasteiger partial charge on any atom is -0.457 e. The van der Waals surface area contributed by atoms with Crippen molar-refractivity contribution in [1.82, 2.24) is 10.3 Å². The summed E-state index contributed by atoms with van der Waals surface area (Å²) in [5.41, 5.74) is 1.84. The third-order valence-electron chi connectivity index (χ3n) is 7.75. The number of Topliss-reactive ketones (excluding diaryl/α,β-unsaturated/α-hetero) is 1. The van der Waals surface area contributed by atoms with E-state index in [2.05, 4.69) is 17.2 Å². The van der Waals surface area contributed by atoms with E-state index in [1.165, 1.54) is 0 Å². The maximum atomic E-state index is 13.3. The second-order valence-electron chi connectivity index (χ2n) is 10.1. The number of ether oxygens (including phenoxy) is 1. The van der Waals surface area contributed by atoms with Crippen molar-refractivity contribution in [2.45, 2.75) is 64.3 Å². The predicted molar refractivity (Wildman–Crippen MR) is 117 cm³/mol. The fourth-order valence-corrected chi connectivity index (χ4v) is 7.13. The summed E-state index contributed by atoms with van der Waals surface area (Å²) in [5.74, 6) is 0.397. The smallest absolute Gasteiger partial charge is 0.312 e. The van der Waals surface area contributed by atoms with E-state index in [1.54, 1.807) is 13.1 Å². The van der Waals surface area contributed by atoms with Gasteiger partial charge in [-0.1, -0.05) is 25.1 Å². The van der Waals surface area contributed by atoms with Gasteiger partial charge in [0.2, 0.25) is 11.7 Å². The molecule has 4 fully saturated rings. The number of aromatic nitrogens is 1. The van der Waals surface area contributed by atoms with Crippen LogP contribution in [0.3, 0.4) is 0 Å². The molecule has 0 spiro atoms. The molecule has 2 atom stereocenters. The molecule has 6 nitrogen and oxygen atoms in total. The summed E-state index contributed by atoms with van der Waals surface area (Å²) in [6.45, 7) is 3.39. The quantitative estimate of drug-likeness (QED) is 0.545. The summed E-state index contributed by atoms with van der Waals surface area (Å²) in [4.78, 5) is 41.2. The van der Waals surface area contributed by atoms with Crippen LogP contribution < -0.4 is 5.32 Å². The predicted octanol–water partition coefficient (Wildman–Crippen LogP) is 3.93. The summed E-state index contributed by atoms with van der Waals surface area (Å²) in [6.07, 6.45) is 7.88. The summed E-state index contributed by atoms with van der Waals surface area (Å²) >= 11 is 0. The van der Waals surface area contributed by atoms with Gasteiger partial charge in [0.15, 0.2) is 6.61 Å². The zero-order chi connectivity index (χ0) is 21.8. The Labute approximate surface area is 182 Å². The molecular weight excluding hydrogens is 392 g/mol. The largest absolute Gasteiger partial charge is 0.457 e. The van der Waals surface area contributed by atoms with Crippen LogP contribution in [0.15, 0.2) is 24.4 Å². The van der Waals surface area contributed by atoms with Gasteiger partial charge in [-0.25, -0.2) is 0 Å². The number of carbonyl (C=O) groups is 3. The molecule has 0 aliphatic heterocycles. The van der Waals surface area contributed by atoms with E-state index in [1.807, 2.05) is 18.2 Å². The number of para-hydroxylation sites is 1. The highest BCUT2D eigenvalue weighted by molar-refractivity contribution is 6.09. The van der Waals surface area contributed by atoms with Crippen LogP contribution in [-0.4, -0.2) is 34.8 Å². The number of amides is 1. The Morgan fingerprint density at radius 2 is 1.90 bits per heavy atom. The van der Waals surface area contributed by atoms with Crippen molar-refractivity contribution in [2.75, 3.05) is 6.61 Å². The number of aromatic amines is 1. The van der Waals surface area contributed by atoms with Gasteiger partial charge in [0.05, 0.1) is 5.41 Å². The van der Waals surface area contributed by atoms with Gasteiger partial charge < -0.3 is 15.0 Å². The van der Waals surface area contributed by atoms with Gasteiger partial charge in [0.1, 0.15) is 0 Å². The number of carbonyl (C=O) groups excluding carboxylic acids is 3. The highest BCUT2D eigenvalue weighted by atomic mass is 16.5. The Balaban J connectivity index is 1.32. The molecule has 4 saturated carbocycles. The van der Waals surface area contributed by atoms with Crippen LogP contribution in [-0.2, 0) is 20.7 Å². The Kier molecular flexibility index (Phi) is 4.72. The molecular formula is C25H30N2O4. The van der Waals surface area contributed by atoms with Gasteiger partial charge in [-0.15, -0.1) is 0 Å². The second-order valence-corrected chi connectivity index (χ2v) is 10.1. The number of benzene rings is 1. The van der Waals surface area contributed by atoms with E-state index in [0.717, 1.165) is 55.0 Å². The minimum absolute atomic E-state index is 0.0357. The fraction of sp³-hybridized carbons (Fsp3) is 0.560. The Hall–Kier alpha value is -2.63. The van der Waals surface area contributed by atoms with Crippen molar-refractivity contribution in [3.05, 3.63) is 35.5 Å². The SMILES string of the molecule is CCc1cccc2c(C(=O)COC(=O)C34C[C@@H]5C[C@H](CC(NC(C)=O)(C5)C3)C4)c[nH]c12. The molecule has 2 N–H and O–H groups in total. The van der Waals surface area contributed by atoms with Crippen molar-refractivity contribution in [1.29, 1.82) is 0 Å². The van der Waals surface area contributed by atoms with Crippen LogP contribution in [0.1, 0.15) is 68.3 Å². The summed E-state index contributed by atoms with van der Waals surface area (Å²) < 4.78 is 5.65. The minimum atomic E-state index is -0.567. The normalized spacial score (nSPS) is 31.0. The summed E-state index contributed by atoms with van der Waals surface area (Å²) in [7, 11) is 0. The van der Waals surface area contributed by atoms with E-state index in [0.29, 0.717) is 23.8 Å². The lowest BCUT2D eigenvalue weighted by Crippen LogP contribution is -2.64. The highest BCUT2D eigenvalue weighted by Gasteiger charge is 2.61. The standard InChI is InChI=1S/C25H30N2O4/c1-3-18-5-4-6-19-20(12-26-22(18)19)21(29)13-31-23(30)24-8-16-7-17(9-24)11-25(10-16,14-24)27-15(2)28/h4-6,12,16-17,26H,3,7-11,13-14H2,1-2H3,(H,27,28)/t16-,17-,24?,25?/m0/s1. The molecule has 6 heteroatoms. The second kappa shape index (κ2) is 7.21. The van der Waals surface area contributed by atoms with Crippen molar-refractivity contribution >= 4 is 28.6 Å². The monoisotopic (exact) mass is 422 g/mol. The van der Waals surface area contributed by atoms with E-state index in [-0.39, 0.29) is 29.8 Å². The van der Waals surface area contributed by atoms with Crippen LogP contribution in [0.25, 0.3) is 10.9 Å². The Bertz CT molecular complexity index is 1050. The molecule has 164 valence electrons. The zero-order valence-electron chi connectivity index (χ0n) is 18.3. The third kappa shape index (κ3) is 3.36. The van der Waals surface area contributed by atoms with Gasteiger partial charge >= 0.3 is 5.97 Å². The van der Waals surface area contributed by atoms with Gasteiger partial charge in [-0.2, -0.15) is 0 Å². The van der Waals surface area contributed by atoms with E-state index in [9.17, 15) is 14.4 Å². The van der Waals surface area contributed by atoms with Gasteiger partial charge in [-0.3, -0.25) is 14.4 Å². The molecule has 0 unspecified atom stereocenters. The van der Waals surface area contributed by atoms with E-state index in [4.69, 9.17) is 4.74 Å². The maximum Gasteiger partial charge on any atom is 0.312 e. The van der Waals surface area contributed by atoms with E-state index >= 15 is 0 Å². The van der Waals surface area contributed by atoms with Gasteiger partial charge in [-0.05, 0) is 62.3 Å². The lowest BCUT2D eigenvalue weighted by Gasteiger charge is -2.60. The van der Waals surface area contributed by atoms with Gasteiger partial charge in [0, 0.05) is 35.1 Å². The molecule has 1 aromatic carbocycles. The van der Waals surface area contributed by atoms with Crippen molar-refractivity contribution in [2.24, 2.45) is 17.3 Å². The molecule has 4 aliphatic carbocycles. The molecule has 31 heavy (non-hydrogen) atoms. The van der Waals surface area contributed by atoms with Gasteiger partial charge in [0.25, 0.3) is 0 Å². The average molecular weight is 423 g/mol. The van der Waals surface area contributed by atoms with Crippen LogP contribution in [0.2, 0.25) is 0 Å². The number of aryl methyl sites for hydroxylation is 1. The lowest BCUT2D eigenvalue weighted by atomic mass is 9.47. The Morgan fingerprint density at radius 1 is 1.16 bits per heavy atom. The first kappa shape index (κ1) is 20.3. The number of hydrogen-bond donors (Lipinski definition) is 2. The molecule has 4 bridgehead atoms. The molecule has 1 amide bonds. The topological polar surface area (TPSA) is 88.3 Å². The van der Waals surface area contributed by atoms with Crippen LogP contribution in [0.4, 0.5) is 0 Å². The molecule has 6 rings (SSSR count). The number of nitrogens with one attached hydrogen (secondary N) is 2. The van der Waals surface area contributed by atoms with Crippen LogP contribution in [0, 0.1) is 17.3 Å². The fourth-order valence-electron chi connectivity index (χ4n) is 7.13. The first-order chi connectivity index (χ1) is 14.8. The number of hydrogen-bond acceptors (Lipinski definition) is 4. The molecule has 1 heterocycles. The molecule has 0 saturated heterocycles. The average Bonchev–Trinajstić information content (AvgIpc) is 3.14. The number of fused-ring (bicyclic) bond motifs is 1. The lowest BCUT2D eigenvalue weighted by molar-refractivity contribution is -0.174. The third-order valence-corrected chi connectivity index (χ3v) is 7.75. The first-order valence-electron chi connectivity index (χ1n) is 11.4. The zero-order valence-corrected chi connectivity index (χ0v) is 18.3. The molecule has 4 aliphatic rings. The van der Waals surface area contributed by atoms with Crippen LogP contribution >= 0.6 is 0 Å². The maximum absolute atomic E-state index is 13.3. The van der Waals surface area contributed by atoms with E-state index < -0.39 is 5.41 Å².